The van der Waals surface area contributed by atoms with Gasteiger partial charge in [-0.1, -0.05) is 30.3 Å². The van der Waals surface area contributed by atoms with Crippen LogP contribution in [0.25, 0.3) is 0 Å². The molecule has 0 aliphatic carbocycles. The van der Waals surface area contributed by atoms with Crippen LogP contribution < -0.4 is 5.73 Å². The minimum Gasteiger partial charge on any atom is -0.394 e. The van der Waals surface area contributed by atoms with E-state index in [0.29, 0.717) is 6.54 Å². The third-order valence-electron chi connectivity index (χ3n) is 3.43. The SMILES string of the molecule is Cc1ncn(CC(N)(CO)c2ccccc2)c1C. The summed E-state index contributed by atoms with van der Waals surface area (Å²) in [6.07, 6.45) is 1.77. The number of nitrogens with two attached hydrogens (primary N) is 1. The van der Waals surface area contributed by atoms with Crippen LogP contribution in [0.1, 0.15) is 17.0 Å². The fourth-order valence-electron chi connectivity index (χ4n) is 2.01. The van der Waals surface area contributed by atoms with Crippen LogP contribution in [0.2, 0.25) is 0 Å². The van der Waals surface area contributed by atoms with Gasteiger partial charge in [0.15, 0.2) is 0 Å². The summed E-state index contributed by atoms with van der Waals surface area (Å²) in [5.74, 6) is 0. The highest BCUT2D eigenvalue weighted by atomic mass is 16.3. The van der Waals surface area contributed by atoms with Gasteiger partial charge >= 0.3 is 0 Å². The molecule has 96 valence electrons. The molecule has 1 aromatic heterocycles. The zero-order valence-corrected chi connectivity index (χ0v) is 10.8. The first-order chi connectivity index (χ1) is 8.57. The summed E-state index contributed by atoms with van der Waals surface area (Å²) >= 11 is 0. The number of benzene rings is 1. The number of aryl methyl sites for hydroxylation is 1. The van der Waals surface area contributed by atoms with Crippen LogP contribution in [-0.2, 0) is 12.1 Å². The van der Waals surface area contributed by atoms with Crippen LogP contribution in [0, 0.1) is 13.8 Å². The predicted molar refractivity (Wildman–Crippen MR) is 71.1 cm³/mol. The molecule has 0 fully saturated rings. The number of aliphatic hydroxyl groups excluding tert-OH is 1. The number of rotatable bonds is 4. The molecule has 0 saturated heterocycles. The van der Waals surface area contributed by atoms with Crippen molar-refractivity contribution in [3.05, 3.63) is 53.6 Å². The number of aromatic nitrogens is 2. The molecule has 1 atom stereocenters. The molecule has 1 unspecified atom stereocenters. The van der Waals surface area contributed by atoms with E-state index in [2.05, 4.69) is 4.98 Å². The molecule has 18 heavy (non-hydrogen) atoms. The van der Waals surface area contributed by atoms with E-state index in [4.69, 9.17) is 5.73 Å². The second-order valence-corrected chi connectivity index (χ2v) is 4.72. The van der Waals surface area contributed by atoms with E-state index in [-0.39, 0.29) is 6.61 Å². The number of nitrogens with zero attached hydrogens (tertiary/aromatic N) is 2. The summed E-state index contributed by atoms with van der Waals surface area (Å²) in [7, 11) is 0. The molecule has 0 aliphatic heterocycles. The van der Waals surface area contributed by atoms with E-state index in [1.54, 1.807) is 6.33 Å². The first-order valence-corrected chi connectivity index (χ1v) is 6.00. The summed E-state index contributed by atoms with van der Waals surface area (Å²) in [5, 5.41) is 9.64. The third-order valence-corrected chi connectivity index (χ3v) is 3.43. The lowest BCUT2D eigenvalue weighted by Gasteiger charge is -2.28. The third kappa shape index (κ3) is 2.30. The van der Waals surface area contributed by atoms with Gasteiger partial charge in [0, 0.05) is 12.2 Å². The zero-order valence-electron chi connectivity index (χ0n) is 10.8. The fourth-order valence-corrected chi connectivity index (χ4v) is 2.01. The average molecular weight is 245 g/mol. The molecule has 0 amide bonds. The number of hydrogen-bond donors (Lipinski definition) is 2. The second-order valence-electron chi connectivity index (χ2n) is 4.72. The maximum absolute atomic E-state index is 9.64. The Bertz CT molecular complexity index is 521. The predicted octanol–water partition coefficient (Wildman–Crippen LogP) is 1.35. The van der Waals surface area contributed by atoms with Crippen molar-refractivity contribution in [3.63, 3.8) is 0 Å². The van der Waals surface area contributed by atoms with Crippen LogP contribution >= 0.6 is 0 Å². The van der Waals surface area contributed by atoms with Crippen molar-refractivity contribution in [2.75, 3.05) is 6.61 Å². The molecule has 0 radical (unpaired) electrons. The molecule has 3 N–H and O–H groups in total. The van der Waals surface area contributed by atoms with E-state index < -0.39 is 5.54 Å². The highest BCUT2D eigenvalue weighted by Gasteiger charge is 2.27. The van der Waals surface area contributed by atoms with Gasteiger partial charge in [0.25, 0.3) is 0 Å². The molecular weight excluding hydrogens is 226 g/mol. The number of hydrogen-bond acceptors (Lipinski definition) is 3. The van der Waals surface area contributed by atoms with Gasteiger partial charge in [0.05, 0.1) is 24.2 Å². The second kappa shape index (κ2) is 4.92. The van der Waals surface area contributed by atoms with Gasteiger partial charge < -0.3 is 15.4 Å². The minimum absolute atomic E-state index is 0.103. The van der Waals surface area contributed by atoms with Gasteiger partial charge in [-0.15, -0.1) is 0 Å². The van der Waals surface area contributed by atoms with Crippen molar-refractivity contribution >= 4 is 0 Å². The van der Waals surface area contributed by atoms with Crippen molar-refractivity contribution < 1.29 is 5.11 Å². The van der Waals surface area contributed by atoms with E-state index in [1.165, 1.54) is 0 Å². The summed E-state index contributed by atoms with van der Waals surface area (Å²) in [6, 6.07) is 9.68. The van der Waals surface area contributed by atoms with Crippen LogP contribution in [0.3, 0.4) is 0 Å². The molecule has 1 aromatic carbocycles. The molecule has 0 bridgehead atoms. The molecule has 0 aliphatic rings. The van der Waals surface area contributed by atoms with Gasteiger partial charge in [-0.2, -0.15) is 0 Å². The Kier molecular flexibility index (Phi) is 3.50. The lowest BCUT2D eigenvalue weighted by atomic mass is 9.91. The molecule has 1 heterocycles. The molecule has 4 nitrogen and oxygen atoms in total. The van der Waals surface area contributed by atoms with Crippen LogP contribution in [0.4, 0.5) is 0 Å². The van der Waals surface area contributed by atoms with Gasteiger partial charge in [-0.05, 0) is 19.4 Å². The van der Waals surface area contributed by atoms with Gasteiger partial charge in [-0.25, -0.2) is 4.98 Å². The Balaban J connectivity index is 2.32. The molecule has 2 aromatic rings. The normalized spacial score (nSPS) is 14.4. The van der Waals surface area contributed by atoms with Gasteiger partial charge in [-0.3, -0.25) is 0 Å². The summed E-state index contributed by atoms with van der Waals surface area (Å²) < 4.78 is 1.98. The highest BCUT2D eigenvalue weighted by Crippen LogP contribution is 2.21. The highest BCUT2D eigenvalue weighted by molar-refractivity contribution is 5.24. The number of imidazole rings is 1. The monoisotopic (exact) mass is 245 g/mol. The van der Waals surface area contributed by atoms with Crippen LogP contribution in [0.5, 0.6) is 0 Å². The zero-order chi connectivity index (χ0) is 13.2. The maximum Gasteiger partial charge on any atom is 0.0952 e. The van der Waals surface area contributed by atoms with E-state index >= 15 is 0 Å². The van der Waals surface area contributed by atoms with E-state index in [0.717, 1.165) is 17.0 Å². The van der Waals surface area contributed by atoms with E-state index in [1.807, 2.05) is 48.7 Å². The fraction of sp³-hybridized carbons (Fsp3) is 0.357. The van der Waals surface area contributed by atoms with Gasteiger partial charge in [0.2, 0.25) is 0 Å². The summed E-state index contributed by atoms with van der Waals surface area (Å²) in [4.78, 5) is 4.25. The summed E-state index contributed by atoms with van der Waals surface area (Å²) in [5.41, 5.74) is 8.55. The van der Waals surface area contributed by atoms with Crippen molar-refractivity contribution in [1.82, 2.24) is 9.55 Å². The van der Waals surface area contributed by atoms with Crippen molar-refractivity contribution in [1.29, 1.82) is 0 Å². The Morgan fingerprint density at radius 1 is 1.28 bits per heavy atom. The van der Waals surface area contributed by atoms with Crippen LogP contribution in [-0.4, -0.2) is 21.3 Å². The largest absolute Gasteiger partial charge is 0.394 e. The van der Waals surface area contributed by atoms with Gasteiger partial charge in [0.1, 0.15) is 0 Å². The van der Waals surface area contributed by atoms with Crippen LogP contribution in [0.15, 0.2) is 36.7 Å². The molecule has 2 rings (SSSR count). The lowest BCUT2D eigenvalue weighted by Crippen LogP contribution is -2.44. The smallest absolute Gasteiger partial charge is 0.0952 e. The molecule has 0 spiro atoms. The molecular formula is C14H19N3O. The van der Waals surface area contributed by atoms with Crippen molar-refractivity contribution in [2.45, 2.75) is 25.9 Å². The summed E-state index contributed by atoms with van der Waals surface area (Å²) in [6.45, 7) is 4.38. The lowest BCUT2D eigenvalue weighted by molar-refractivity contribution is 0.178. The van der Waals surface area contributed by atoms with Crippen molar-refractivity contribution in [2.24, 2.45) is 5.73 Å². The standard InChI is InChI=1S/C14H19N3O/c1-11-12(2)17(10-16-11)8-14(15,9-18)13-6-4-3-5-7-13/h3-7,10,18H,8-9,15H2,1-2H3. The Morgan fingerprint density at radius 2 is 1.94 bits per heavy atom. The Hall–Kier alpha value is -1.65. The van der Waals surface area contributed by atoms with Crippen molar-refractivity contribution in [3.8, 4) is 0 Å². The first-order valence-electron chi connectivity index (χ1n) is 6.00. The number of aliphatic hydroxyl groups is 1. The quantitative estimate of drug-likeness (QED) is 0.854. The molecule has 4 heteroatoms. The topological polar surface area (TPSA) is 64.1 Å². The average Bonchev–Trinajstić information content (AvgIpc) is 2.71. The Morgan fingerprint density at radius 3 is 2.44 bits per heavy atom. The first kappa shape index (κ1) is 12.8. The minimum atomic E-state index is -0.779. The Labute approximate surface area is 107 Å². The maximum atomic E-state index is 9.64. The molecule has 0 saturated carbocycles. The van der Waals surface area contributed by atoms with E-state index in [9.17, 15) is 5.11 Å².